The molecule has 0 spiro atoms. The first-order valence-electron chi connectivity index (χ1n) is 4.72. The van der Waals surface area contributed by atoms with Gasteiger partial charge >= 0.3 is 0 Å². The highest BCUT2D eigenvalue weighted by atomic mass is 35.5. The highest BCUT2D eigenvalue weighted by molar-refractivity contribution is 7.86. The van der Waals surface area contributed by atoms with Crippen molar-refractivity contribution < 1.29 is 8.42 Å². The van der Waals surface area contributed by atoms with E-state index in [1.165, 1.54) is 22.7 Å². The Morgan fingerprint density at radius 1 is 1.12 bits per heavy atom. The summed E-state index contributed by atoms with van der Waals surface area (Å²) in [6, 6.07) is 7.11. The van der Waals surface area contributed by atoms with Crippen molar-refractivity contribution in [1.29, 1.82) is 0 Å². The van der Waals surface area contributed by atoms with Crippen LogP contribution in [0.3, 0.4) is 0 Å². The van der Waals surface area contributed by atoms with Gasteiger partial charge in [0.05, 0.1) is 0 Å². The second-order valence-electron chi connectivity index (χ2n) is 3.67. The normalized spacial score (nSPS) is 12.4. The van der Waals surface area contributed by atoms with Gasteiger partial charge in [-0.3, -0.25) is 0 Å². The van der Waals surface area contributed by atoms with E-state index in [0.29, 0.717) is 11.6 Å². The highest BCUT2D eigenvalue weighted by Gasteiger charge is 2.20. The number of benzene rings is 1. The molecule has 90 valence electrons. The summed E-state index contributed by atoms with van der Waals surface area (Å²) >= 11 is 5.75. The van der Waals surface area contributed by atoms with E-state index in [-0.39, 0.29) is 0 Å². The molecule has 4 nitrogen and oxygen atoms in total. The third-order valence-corrected chi connectivity index (χ3v) is 4.27. The summed E-state index contributed by atoms with van der Waals surface area (Å²) < 4.78 is 25.9. The van der Waals surface area contributed by atoms with Gasteiger partial charge < -0.3 is 0 Å². The summed E-state index contributed by atoms with van der Waals surface area (Å²) in [5, 5.41) is 0.641. The fraction of sp³-hybridized carbons (Fsp3) is 0.400. The largest absolute Gasteiger partial charge is 0.281 e. The molecule has 0 saturated heterocycles. The van der Waals surface area contributed by atoms with E-state index in [4.69, 9.17) is 11.6 Å². The van der Waals surface area contributed by atoms with Gasteiger partial charge in [-0.25, -0.2) is 0 Å². The van der Waals surface area contributed by atoms with Crippen LogP contribution < -0.4 is 0 Å². The summed E-state index contributed by atoms with van der Waals surface area (Å²) in [6.45, 7) is 0.331. The van der Waals surface area contributed by atoms with Gasteiger partial charge in [0.2, 0.25) is 0 Å². The third-order valence-electron chi connectivity index (χ3n) is 2.17. The lowest BCUT2D eigenvalue weighted by atomic mass is 10.2. The fourth-order valence-electron chi connectivity index (χ4n) is 1.21. The molecule has 0 N–H and O–H groups in total. The van der Waals surface area contributed by atoms with Crippen LogP contribution in [0.5, 0.6) is 0 Å². The zero-order valence-electron chi connectivity index (χ0n) is 9.51. The summed E-state index contributed by atoms with van der Waals surface area (Å²) in [7, 11) is 1.21. The molecule has 0 heterocycles. The van der Waals surface area contributed by atoms with E-state index < -0.39 is 10.2 Å². The molecule has 0 amide bonds. The van der Waals surface area contributed by atoms with Crippen LogP contribution in [0.4, 0.5) is 0 Å². The molecule has 0 aromatic heterocycles. The number of nitrogens with zero attached hydrogens (tertiary/aromatic N) is 2. The summed E-state index contributed by atoms with van der Waals surface area (Å²) in [5.74, 6) is 0. The van der Waals surface area contributed by atoms with Crippen LogP contribution in [0, 0.1) is 0 Å². The van der Waals surface area contributed by atoms with Gasteiger partial charge in [-0.15, -0.1) is 0 Å². The molecule has 0 atom stereocenters. The van der Waals surface area contributed by atoms with Crippen molar-refractivity contribution in [3.05, 3.63) is 34.9 Å². The number of halogens is 1. The van der Waals surface area contributed by atoms with Crippen LogP contribution >= 0.6 is 11.6 Å². The van der Waals surface area contributed by atoms with Crippen molar-refractivity contribution in [3.63, 3.8) is 0 Å². The smallest absolute Gasteiger partial charge is 0.195 e. The molecule has 0 unspecified atom stereocenters. The average molecular weight is 263 g/mol. The molecular formula is C10H15ClN2O2S. The van der Waals surface area contributed by atoms with Crippen LogP contribution in [-0.4, -0.2) is 38.2 Å². The lowest BCUT2D eigenvalue weighted by Crippen LogP contribution is -2.36. The van der Waals surface area contributed by atoms with Crippen LogP contribution in [0.1, 0.15) is 5.56 Å². The molecular weight excluding hydrogens is 248 g/mol. The maximum Gasteiger partial charge on any atom is 0.281 e. The Balaban J connectivity index is 2.79. The van der Waals surface area contributed by atoms with Crippen molar-refractivity contribution in [2.45, 2.75) is 6.54 Å². The Morgan fingerprint density at radius 3 is 2.06 bits per heavy atom. The van der Waals surface area contributed by atoms with Gasteiger partial charge in [0.15, 0.2) is 0 Å². The van der Waals surface area contributed by atoms with Crippen molar-refractivity contribution in [1.82, 2.24) is 8.61 Å². The Labute approximate surface area is 102 Å². The van der Waals surface area contributed by atoms with Crippen LogP contribution in [-0.2, 0) is 16.8 Å². The fourth-order valence-corrected chi connectivity index (χ4v) is 2.20. The van der Waals surface area contributed by atoms with Gasteiger partial charge in [0, 0.05) is 32.7 Å². The second-order valence-corrected chi connectivity index (χ2v) is 6.36. The monoisotopic (exact) mass is 262 g/mol. The van der Waals surface area contributed by atoms with Gasteiger partial charge in [-0.2, -0.15) is 17.0 Å². The SMILES string of the molecule is CN(C)S(=O)(=O)N(C)Cc1ccc(Cl)cc1. The average Bonchev–Trinajstić information content (AvgIpc) is 2.21. The lowest BCUT2D eigenvalue weighted by molar-refractivity contribution is 0.414. The molecule has 0 aliphatic heterocycles. The Kier molecular flexibility index (Phi) is 4.32. The van der Waals surface area contributed by atoms with E-state index in [9.17, 15) is 8.42 Å². The van der Waals surface area contributed by atoms with E-state index in [0.717, 1.165) is 5.56 Å². The Bertz CT molecular complexity index is 442. The Hall–Kier alpha value is -0.620. The molecule has 1 aromatic carbocycles. The quantitative estimate of drug-likeness (QED) is 0.827. The molecule has 6 heteroatoms. The van der Waals surface area contributed by atoms with Crippen molar-refractivity contribution >= 4 is 21.8 Å². The molecule has 0 bridgehead atoms. The third kappa shape index (κ3) is 3.18. The minimum atomic E-state index is -3.35. The maximum atomic E-state index is 11.7. The maximum absolute atomic E-state index is 11.7. The molecule has 0 saturated carbocycles. The van der Waals surface area contributed by atoms with E-state index in [1.807, 2.05) is 12.1 Å². The molecule has 16 heavy (non-hydrogen) atoms. The van der Waals surface area contributed by atoms with E-state index in [1.54, 1.807) is 19.2 Å². The zero-order chi connectivity index (χ0) is 12.3. The van der Waals surface area contributed by atoms with E-state index in [2.05, 4.69) is 0 Å². The first-order valence-corrected chi connectivity index (χ1v) is 6.50. The van der Waals surface area contributed by atoms with Crippen molar-refractivity contribution in [2.24, 2.45) is 0 Å². The van der Waals surface area contributed by atoms with Gasteiger partial charge in [-0.1, -0.05) is 23.7 Å². The number of hydrogen-bond donors (Lipinski definition) is 0. The Morgan fingerprint density at radius 2 is 1.62 bits per heavy atom. The van der Waals surface area contributed by atoms with Crippen LogP contribution in [0.15, 0.2) is 24.3 Å². The number of rotatable bonds is 4. The minimum absolute atomic E-state index is 0.331. The first kappa shape index (κ1) is 13.4. The number of hydrogen-bond acceptors (Lipinski definition) is 2. The topological polar surface area (TPSA) is 40.6 Å². The minimum Gasteiger partial charge on any atom is -0.195 e. The molecule has 0 aliphatic rings. The predicted octanol–water partition coefficient (Wildman–Crippen LogP) is 1.58. The predicted molar refractivity (Wildman–Crippen MR) is 65.5 cm³/mol. The summed E-state index contributed by atoms with van der Waals surface area (Å²) in [5.41, 5.74) is 0.900. The first-order chi connectivity index (χ1) is 7.34. The van der Waals surface area contributed by atoms with Gasteiger partial charge in [0.25, 0.3) is 10.2 Å². The van der Waals surface area contributed by atoms with Gasteiger partial charge in [-0.05, 0) is 17.7 Å². The molecule has 0 fully saturated rings. The lowest BCUT2D eigenvalue weighted by Gasteiger charge is -2.21. The standard InChI is InChI=1S/C10H15ClN2O2S/c1-12(2)16(14,15)13(3)8-9-4-6-10(11)7-5-9/h4-7H,8H2,1-3H3. The van der Waals surface area contributed by atoms with E-state index >= 15 is 0 Å². The summed E-state index contributed by atoms with van der Waals surface area (Å²) in [4.78, 5) is 0. The summed E-state index contributed by atoms with van der Waals surface area (Å²) in [6.07, 6.45) is 0. The molecule has 0 radical (unpaired) electrons. The molecule has 0 aliphatic carbocycles. The van der Waals surface area contributed by atoms with Crippen LogP contribution in [0.2, 0.25) is 5.02 Å². The van der Waals surface area contributed by atoms with Crippen molar-refractivity contribution in [2.75, 3.05) is 21.1 Å². The second kappa shape index (κ2) is 5.14. The zero-order valence-corrected chi connectivity index (χ0v) is 11.1. The van der Waals surface area contributed by atoms with Crippen LogP contribution in [0.25, 0.3) is 0 Å². The van der Waals surface area contributed by atoms with Crippen molar-refractivity contribution in [3.8, 4) is 0 Å². The molecule has 1 rings (SSSR count). The highest BCUT2D eigenvalue weighted by Crippen LogP contribution is 2.13. The molecule has 1 aromatic rings. The van der Waals surface area contributed by atoms with Gasteiger partial charge in [0.1, 0.15) is 0 Å².